The Morgan fingerprint density at radius 3 is 2.80 bits per heavy atom. The quantitative estimate of drug-likeness (QED) is 0.802. The van der Waals surface area contributed by atoms with Gasteiger partial charge in [-0.25, -0.2) is 0 Å². The number of phenols is 1. The van der Waals surface area contributed by atoms with Crippen molar-refractivity contribution < 1.29 is 9.84 Å². The normalized spacial score (nSPS) is 10.9. The van der Waals surface area contributed by atoms with E-state index in [4.69, 9.17) is 4.74 Å². The number of rotatable bonds is 5. The van der Waals surface area contributed by atoms with Gasteiger partial charge in [-0.2, -0.15) is 0 Å². The Bertz CT molecular complexity index is 312. The zero-order chi connectivity index (χ0) is 11.3. The molecule has 1 aromatic carbocycles. The number of benzene rings is 1. The molecule has 0 heterocycles. The Labute approximate surface area is 91.3 Å². The second kappa shape index (κ2) is 5.73. The SMILES string of the molecule is COCCN(C)Cc1cccc(C)c1O. The lowest BCUT2D eigenvalue weighted by atomic mass is 10.1. The summed E-state index contributed by atoms with van der Waals surface area (Å²) in [6, 6.07) is 5.83. The zero-order valence-electron chi connectivity index (χ0n) is 9.66. The number of nitrogens with zero attached hydrogens (tertiary/aromatic N) is 1. The first kappa shape index (κ1) is 12.0. The molecule has 0 aliphatic rings. The molecule has 0 aliphatic carbocycles. The summed E-state index contributed by atoms with van der Waals surface area (Å²) in [6.45, 7) is 4.23. The molecule has 0 aliphatic heterocycles. The molecule has 0 saturated carbocycles. The van der Waals surface area contributed by atoms with E-state index in [0.29, 0.717) is 12.4 Å². The molecule has 3 nitrogen and oxygen atoms in total. The topological polar surface area (TPSA) is 32.7 Å². The molecule has 84 valence electrons. The van der Waals surface area contributed by atoms with Gasteiger partial charge in [0.1, 0.15) is 5.75 Å². The van der Waals surface area contributed by atoms with E-state index >= 15 is 0 Å². The second-order valence-electron chi connectivity index (χ2n) is 3.81. The predicted molar refractivity (Wildman–Crippen MR) is 61.1 cm³/mol. The molecule has 0 bridgehead atoms. The average Bonchev–Trinajstić information content (AvgIpc) is 2.22. The second-order valence-corrected chi connectivity index (χ2v) is 3.81. The molecule has 0 atom stereocenters. The van der Waals surface area contributed by atoms with E-state index in [2.05, 4.69) is 4.90 Å². The first-order valence-corrected chi connectivity index (χ1v) is 5.10. The fourth-order valence-corrected chi connectivity index (χ4v) is 1.46. The van der Waals surface area contributed by atoms with E-state index in [9.17, 15) is 5.11 Å². The van der Waals surface area contributed by atoms with Crippen LogP contribution in [-0.4, -0.2) is 37.3 Å². The van der Waals surface area contributed by atoms with Gasteiger partial charge in [-0.05, 0) is 19.5 Å². The minimum Gasteiger partial charge on any atom is -0.507 e. The van der Waals surface area contributed by atoms with Crippen LogP contribution in [0.1, 0.15) is 11.1 Å². The minimum absolute atomic E-state index is 0.404. The van der Waals surface area contributed by atoms with Crippen LogP contribution in [0.25, 0.3) is 0 Å². The highest BCUT2D eigenvalue weighted by Gasteiger charge is 2.06. The third kappa shape index (κ3) is 3.53. The van der Waals surface area contributed by atoms with E-state index in [1.54, 1.807) is 7.11 Å². The molecule has 1 N–H and O–H groups in total. The highest BCUT2D eigenvalue weighted by atomic mass is 16.5. The van der Waals surface area contributed by atoms with Crippen LogP contribution in [0.5, 0.6) is 5.75 Å². The molecule has 0 fully saturated rings. The van der Waals surface area contributed by atoms with Gasteiger partial charge in [0.2, 0.25) is 0 Å². The summed E-state index contributed by atoms with van der Waals surface area (Å²) in [5.41, 5.74) is 1.89. The van der Waals surface area contributed by atoms with Gasteiger partial charge in [0.15, 0.2) is 0 Å². The average molecular weight is 209 g/mol. The Balaban J connectivity index is 2.60. The first-order chi connectivity index (χ1) is 7.15. The van der Waals surface area contributed by atoms with Crippen LogP contribution in [0.2, 0.25) is 0 Å². The van der Waals surface area contributed by atoms with Gasteiger partial charge in [-0.1, -0.05) is 18.2 Å². The lowest BCUT2D eigenvalue weighted by Gasteiger charge is -2.17. The number of aryl methyl sites for hydroxylation is 1. The summed E-state index contributed by atoms with van der Waals surface area (Å²) >= 11 is 0. The Hall–Kier alpha value is -1.06. The lowest BCUT2D eigenvalue weighted by molar-refractivity contribution is 0.158. The molecule has 0 spiro atoms. The zero-order valence-corrected chi connectivity index (χ0v) is 9.66. The first-order valence-electron chi connectivity index (χ1n) is 5.10. The van der Waals surface area contributed by atoms with Crippen LogP contribution in [0.15, 0.2) is 18.2 Å². The van der Waals surface area contributed by atoms with Crippen LogP contribution >= 0.6 is 0 Å². The van der Waals surface area contributed by atoms with E-state index < -0.39 is 0 Å². The highest BCUT2D eigenvalue weighted by molar-refractivity contribution is 5.39. The number of phenolic OH excluding ortho intramolecular Hbond substituents is 1. The van der Waals surface area contributed by atoms with Crippen LogP contribution < -0.4 is 0 Å². The van der Waals surface area contributed by atoms with Crippen molar-refractivity contribution in [3.63, 3.8) is 0 Å². The van der Waals surface area contributed by atoms with E-state index in [0.717, 1.165) is 24.2 Å². The summed E-state index contributed by atoms with van der Waals surface area (Å²) in [4.78, 5) is 2.12. The van der Waals surface area contributed by atoms with Crippen LogP contribution in [0.3, 0.4) is 0 Å². The van der Waals surface area contributed by atoms with Crippen molar-refractivity contribution in [1.82, 2.24) is 4.90 Å². The Morgan fingerprint density at radius 1 is 1.40 bits per heavy atom. The molecule has 0 radical (unpaired) electrons. The van der Waals surface area contributed by atoms with Crippen molar-refractivity contribution in [2.24, 2.45) is 0 Å². The van der Waals surface area contributed by atoms with Crippen molar-refractivity contribution in [3.05, 3.63) is 29.3 Å². The van der Waals surface area contributed by atoms with Crippen molar-refractivity contribution in [1.29, 1.82) is 0 Å². The monoisotopic (exact) mass is 209 g/mol. The molecule has 3 heteroatoms. The van der Waals surface area contributed by atoms with E-state index in [1.807, 2.05) is 32.2 Å². The summed E-state index contributed by atoms with van der Waals surface area (Å²) in [6.07, 6.45) is 0. The fourth-order valence-electron chi connectivity index (χ4n) is 1.46. The summed E-state index contributed by atoms with van der Waals surface area (Å²) < 4.78 is 5.00. The van der Waals surface area contributed by atoms with E-state index in [1.165, 1.54) is 0 Å². The van der Waals surface area contributed by atoms with Gasteiger partial charge in [0, 0.05) is 25.8 Å². The molecule has 1 aromatic rings. The summed E-state index contributed by atoms with van der Waals surface area (Å²) in [5.74, 6) is 0.404. The number of hydrogen-bond acceptors (Lipinski definition) is 3. The lowest BCUT2D eigenvalue weighted by Crippen LogP contribution is -2.22. The molecular weight excluding hydrogens is 190 g/mol. The number of hydrogen-bond donors (Lipinski definition) is 1. The highest BCUT2D eigenvalue weighted by Crippen LogP contribution is 2.22. The summed E-state index contributed by atoms with van der Waals surface area (Å²) in [7, 11) is 3.71. The molecule has 0 aromatic heterocycles. The molecule has 0 unspecified atom stereocenters. The number of methoxy groups -OCH3 is 1. The number of aromatic hydroxyl groups is 1. The van der Waals surface area contributed by atoms with Gasteiger partial charge < -0.3 is 9.84 Å². The minimum atomic E-state index is 0.404. The number of likely N-dealkylation sites (N-methyl/N-ethyl adjacent to an activating group) is 1. The standard InChI is InChI=1S/C12H19NO2/c1-10-5-4-6-11(12(10)14)9-13(2)7-8-15-3/h4-6,14H,7-9H2,1-3H3. The van der Waals surface area contributed by atoms with Crippen LogP contribution in [-0.2, 0) is 11.3 Å². The summed E-state index contributed by atoms with van der Waals surface area (Å²) in [5, 5.41) is 9.81. The Morgan fingerprint density at radius 2 is 2.13 bits per heavy atom. The third-order valence-corrected chi connectivity index (χ3v) is 2.44. The van der Waals surface area contributed by atoms with Crippen molar-refractivity contribution in [2.45, 2.75) is 13.5 Å². The van der Waals surface area contributed by atoms with Gasteiger partial charge in [0.05, 0.1) is 6.61 Å². The fraction of sp³-hybridized carbons (Fsp3) is 0.500. The molecule has 1 rings (SSSR count). The third-order valence-electron chi connectivity index (χ3n) is 2.44. The van der Waals surface area contributed by atoms with Gasteiger partial charge >= 0.3 is 0 Å². The van der Waals surface area contributed by atoms with Crippen molar-refractivity contribution >= 4 is 0 Å². The maximum absolute atomic E-state index is 9.81. The number of para-hydroxylation sites is 1. The molecule has 0 saturated heterocycles. The predicted octanol–water partition coefficient (Wildman–Crippen LogP) is 1.78. The van der Waals surface area contributed by atoms with Gasteiger partial charge in [0.25, 0.3) is 0 Å². The number of ether oxygens (including phenoxy) is 1. The maximum atomic E-state index is 9.81. The largest absolute Gasteiger partial charge is 0.507 e. The van der Waals surface area contributed by atoms with Gasteiger partial charge in [-0.15, -0.1) is 0 Å². The molecule has 0 amide bonds. The smallest absolute Gasteiger partial charge is 0.122 e. The molecule has 15 heavy (non-hydrogen) atoms. The maximum Gasteiger partial charge on any atom is 0.122 e. The van der Waals surface area contributed by atoms with E-state index in [-0.39, 0.29) is 0 Å². The van der Waals surface area contributed by atoms with Crippen molar-refractivity contribution in [3.8, 4) is 5.75 Å². The van der Waals surface area contributed by atoms with Crippen LogP contribution in [0, 0.1) is 6.92 Å². The molecular formula is C12H19NO2. The Kier molecular flexibility index (Phi) is 4.59. The van der Waals surface area contributed by atoms with Crippen molar-refractivity contribution in [2.75, 3.05) is 27.3 Å². The van der Waals surface area contributed by atoms with Crippen LogP contribution in [0.4, 0.5) is 0 Å². The van der Waals surface area contributed by atoms with Gasteiger partial charge in [-0.3, -0.25) is 4.90 Å².